The van der Waals surface area contributed by atoms with E-state index in [1.807, 2.05) is 6.07 Å². The van der Waals surface area contributed by atoms with E-state index < -0.39 is 0 Å². The molecule has 4 heteroatoms. The number of ether oxygens (including phenoxy) is 1. The summed E-state index contributed by atoms with van der Waals surface area (Å²) in [6.45, 7) is 3.00. The van der Waals surface area contributed by atoms with Crippen molar-refractivity contribution in [2.75, 3.05) is 24.7 Å². The molecule has 0 amide bonds. The van der Waals surface area contributed by atoms with Crippen molar-refractivity contribution < 1.29 is 4.74 Å². The van der Waals surface area contributed by atoms with Crippen LogP contribution in [-0.2, 0) is 0 Å². The molecule has 13 heavy (non-hydrogen) atoms. The van der Waals surface area contributed by atoms with Crippen LogP contribution < -0.4 is 15.8 Å². The van der Waals surface area contributed by atoms with Crippen molar-refractivity contribution in [3.05, 3.63) is 12.1 Å². The Morgan fingerprint density at radius 2 is 2.31 bits per heavy atom. The molecule has 0 saturated carbocycles. The highest BCUT2D eigenvalue weighted by molar-refractivity contribution is 5.53. The lowest BCUT2D eigenvalue weighted by Crippen LogP contribution is -2.03. The summed E-state index contributed by atoms with van der Waals surface area (Å²) >= 11 is 0. The zero-order valence-electron chi connectivity index (χ0n) is 8.00. The molecule has 0 aliphatic rings. The van der Waals surface area contributed by atoms with Crippen molar-refractivity contribution >= 4 is 11.5 Å². The molecule has 0 unspecified atom stereocenters. The van der Waals surface area contributed by atoms with Crippen LogP contribution in [0.3, 0.4) is 0 Å². The first-order valence-electron chi connectivity index (χ1n) is 4.32. The second kappa shape index (κ2) is 4.54. The van der Waals surface area contributed by atoms with Gasteiger partial charge in [-0.15, -0.1) is 0 Å². The maximum absolute atomic E-state index is 5.61. The van der Waals surface area contributed by atoms with Gasteiger partial charge in [0.1, 0.15) is 5.82 Å². The number of anilines is 2. The largest absolute Gasteiger partial charge is 0.479 e. The van der Waals surface area contributed by atoms with Crippen LogP contribution in [0.4, 0.5) is 11.5 Å². The Morgan fingerprint density at radius 3 is 2.92 bits per heavy atom. The summed E-state index contributed by atoms with van der Waals surface area (Å²) in [6.07, 6.45) is 1.06. The van der Waals surface area contributed by atoms with Crippen LogP contribution >= 0.6 is 0 Å². The molecule has 72 valence electrons. The van der Waals surface area contributed by atoms with E-state index in [4.69, 9.17) is 10.5 Å². The maximum atomic E-state index is 5.61. The number of nitrogens with one attached hydrogen (secondary N) is 1. The Labute approximate surface area is 78.1 Å². The van der Waals surface area contributed by atoms with Crippen molar-refractivity contribution in [3.8, 4) is 5.88 Å². The third kappa shape index (κ3) is 2.50. The molecule has 4 nitrogen and oxygen atoms in total. The predicted molar refractivity (Wildman–Crippen MR) is 54.0 cm³/mol. The highest BCUT2D eigenvalue weighted by Crippen LogP contribution is 2.19. The summed E-state index contributed by atoms with van der Waals surface area (Å²) in [6, 6.07) is 3.62. The number of hydrogen-bond donors (Lipinski definition) is 2. The Bertz CT molecular complexity index is 276. The van der Waals surface area contributed by atoms with E-state index in [0.717, 1.165) is 18.8 Å². The summed E-state index contributed by atoms with van der Waals surface area (Å²) in [7, 11) is 1.56. The third-order valence-electron chi connectivity index (χ3n) is 1.64. The molecule has 0 spiro atoms. The molecule has 0 radical (unpaired) electrons. The van der Waals surface area contributed by atoms with Crippen molar-refractivity contribution in [1.29, 1.82) is 0 Å². The Morgan fingerprint density at radius 1 is 1.54 bits per heavy atom. The Balaban J connectivity index is 2.74. The molecule has 0 aliphatic carbocycles. The second-order valence-corrected chi connectivity index (χ2v) is 2.72. The minimum absolute atomic E-state index is 0.473. The van der Waals surface area contributed by atoms with Gasteiger partial charge in [0.25, 0.3) is 0 Å². The molecule has 3 N–H and O–H groups in total. The fraction of sp³-hybridized carbons (Fsp3) is 0.444. The first-order valence-corrected chi connectivity index (χ1v) is 4.32. The Kier molecular flexibility index (Phi) is 3.37. The average molecular weight is 181 g/mol. The smallest absolute Gasteiger partial charge is 0.238 e. The van der Waals surface area contributed by atoms with Gasteiger partial charge < -0.3 is 15.8 Å². The standard InChI is InChI=1S/C9H15N3O/c1-3-6-11-8-5-4-7(10)9(12-8)13-2/h4-5H,3,6,10H2,1-2H3,(H,11,12). The lowest BCUT2D eigenvalue weighted by molar-refractivity contribution is 0.401. The number of pyridine rings is 1. The number of hydrogen-bond acceptors (Lipinski definition) is 4. The van der Waals surface area contributed by atoms with Crippen LogP contribution in [0.2, 0.25) is 0 Å². The van der Waals surface area contributed by atoms with Crippen molar-refractivity contribution in [1.82, 2.24) is 4.98 Å². The van der Waals surface area contributed by atoms with E-state index in [0.29, 0.717) is 11.6 Å². The van der Waals surface area contributed by atoms with Crippen molar-refractivity contribution in [2.45, 2.75) is 13.3 Å². The number of nitrogens with two attached hydrogens (primary N) is 1. The molecule has 0 aliphatic heterocycles. The third-order valence-corrected chi connectivity index (χ3v) is 1.64. The van der Waals surface area contributed by atoms with Crippen molar-refractivity contribution in [2.24, 2.45) is 0 Å². The molecule has 0 fully saturated rings. The highest BCUT2D eigenvalue weighted by Gasteiger charge is 2.01. The quantitative estimate of drug-likeness (QED) is 0.738. The topological polar surface area (TPSA) is 60.2 Å². The van der Waals surface area contributed by atoms with Gasteiger partial charge in [0.15, 0.2) is 0 Å². The van der Waals surface area contributed by atoms with Gasteiger partial charge >= 0.3 is 0 Å². The van der Waals surface area contributed by atoms with Gasteiger partial charge in [0, 0.05) is 6.54 Å². The molecular weight excluding hydrogens is 166 g/mol. The van der Waals surface area contributed by atoms with E-state index in [-0.39, 0.29) is 0 Å². The SMILES string of the molecule is CCCNc1ccc(N)c(OC)n1. The van der Waals surface area contributed by atoms with E-state index in [2.05, 4.69) is 17.2 Å². The van der Waals surface area contributed by atoms with E-state index in [1.54, 1.807) is 13.2 Å². The molecule has 1 rings (SSSR count). The first kappa shape index (κ1) is 9.64. The maximum Gasteiger partial charge on any atom is 0.238 e. The summed E-state index contributed by atoms with van der Waals surface area (Å²) in [4.78, 5) is 4.17. The fourth-order valence-electron chi connectivity index (χ4n) is 0.966. The molecule has 1 aromatic heterocycles. The van der Waals surface area contributed by atoms with Gasteiger partial charge in [-0.1, -0.05) is 6.92 Å². The summed E-state index contributed by atoms with van der Waals surface area (Å²) in [5, 5.41) is 3.15. The van der Waals surface area contributed by atoms with Crippen LogP contribution in [0.5, 0.6) is 5.88 Å². The summed E-state index contributed by atoms with van der Waals surface area (Å²) < 4.78 is 4.99. The fourth-order valence-corrected chi connectivity index (χ4v) is 0.966. The summed E-state index contributed by atoms with van der Waals surface area (Å²) in [5.41, 5.74) is 6.17. The van der Waals surface area contributed by atoms with Crippen LogP contribution in [0.25, 0.3) is 0 Å². The van der Waals surface area contributed by atoms with Gasteiger partial charge in [0.05, 0.1) is 12.8 Å². The number of rotatable bonds is 4. The van der Waals surface area contributed by atoms with Gasteiger partial charge in [-0.05, 0) is 18.6 Å². The monoisotopic (exact) mass is 181 g/mol. The van der Waals surface area contributed by atoms with E-state index in [9.17, 15) is 0 Å². The number of methoxy groups -OCH3 is 1. The summed E-state index contributed by atoms with van der Waals surface area (Å²) in [5.74, 6) is 1.27. The number of nitrogen functional groups attached to an aromatic ring is 1. The lowest BCUT2D eigenvalue weighted by atomic mass is 10.4. The molecule has 0 aromatic carbocycles. The van der Waals surface area contributed by atoms with Crippen LogP contribution in [0, 0.1) is 0 Å². The predicted octanol–water partition coefficient (Wildman–Crippen LogP) is 1.49. The molecule has 1 heterocycles. The molecular formula is C9H15N3O. The zero-order valence-corrected chi connectivity index (χ0v) is 8.00. The first-order chi connectivity index (χ1) is 6.27. The normalized spacial score (nSPS) is 9.69. The Hall–Kier alpha value is -1.45. The van der Waals surface area contributed by atoms with Crippen LogP contribution in [-0.4, -0.2) is 18.6 Å². The number of aromatic nitrogens is 1. The van der Waals surface area contributed by atoms with E-state index in [1.165, 1.54) is 0 Å². The number of nitrogens with zero attached hydrogens (tertiary/aromatic N) is 1. The molecule has 0 saturated heterocycles. The minimum atomic E-state index is 0.473. The van der Waals surface area contributed by atoms with Gasteiger partial charge in [-0.3, -0.25) is 0 Å². The van der Waals surface area contributed by atoms with Gasteiger partial charge in [-0.25, -0.2) is 0 Å². The molecule has 0 bridgehead atoms. The second-order valence-electron chi connectivity index (χ2n) is 2.72. The highest BCUT2D eigenvalue weighted by atomic mass is 16.5. The zero-order chi connectivity index (χ0) is 9.68. The van der Waals surface area contributed by atoms with Gasteiger partial charge in [-0.2, -0.15) is 4.98 Å². The van der Waals surface area contributed by atoms with Crippen molar-refractivity contribution in [3.63, 3.8) is 0 Å². The molecule has 1 aromatic rings. The van der Waals surface area contributed by atoms with Crippen LogP contribution in [0.15, 0.2) is 12.1 Å². The van der Waals surface area contributed by atoms with E-state index >= 15 is 0 Å². The minimum Gasteiger partial charge on any atom is -0.479 e. The van der Waals surface area contributed by atoms with Gasteiger partial charge in [0.2, 0.25) is 5.88 Å². The lowest BCUT2D eigenvalue weighted by Gasteiger charge is -2.07. The van der Waals surface area contributed by atoms with Crippen LogP contribution in [0.1, 0.15) is 13.3 Å². The average Bonchev–Trinajstić information content (AvgIpc) is 2.16. The molecule has 0 atom stereocenters.